The topological polar surface area (TPSA) is 42.0 Å². The summed E-state index contributed by atoms with van der Waals surface area (Å²) in [7, 11) is 0. The molecule has 76 valence electrons. The number of amides is 1. The van der Waals surface area contributed by atoms with Crippen LogP contribution in [0, 0.1) is 0 Å². The molecule has 0 aliphatic rings. The van der Waals surface area contributed by atoms with Crippen LogP contribution in [0.1, 0.15) is 6.92 Å². The Kier molecular flexibility index (Phi) is 2.68. The Morgan fingerprint density at radius 2 is 2.13 bits per heavy atom. The molecule has 1 aromatic heterocycles. The fourth-order valence-corrected chi connectivity index (χ4v) is 1.83. The second-order valence-corrected chi connectivity index (χ2v) is 4.04. The van der Waals surface area contributed by atoms with E-state index in [1.807, 2.05) is 24.3 Å². The van der Waals surface area contributed by atoms with Crippen molar-refractivity contribution >= 4 is 38.6 Å². The minimum absolute atomic E-state index is 0.117. The highest BCUT2D eigenvalue weighted by Crippen LogP contribution is 2.23. The first-order valence-corrected chi connectivity index (χ1v) is 5.29. The summed E-state index contributed by atoms with van der Waals surface area (Å²) < 4.78 is 0.923. The van der Waals surface area contributed by atoms with Crippen LogP contribution < -0.4 is 5.32 Å². The molecular formula is C11H9BrN2O. The molecule has 0 saturated carbocycles. The number of pyridine rings is 1. The molecule has 1 heterocycles. The summed E-state index contributed by atoms with van der Waals surface area (Å²) in [6.45, 7) is 1.46. The summed E-state index contributed by atoms with van der Waals surface area (Å²) in [5, 5.41) is 3.69. The predicted octanol–water partition coefficient (Wildman–Crippen LogP) is 2.96. The maximum Gasteiger partial charge on any atom is 0.222 e. The number of benzene rings is 1. The molecule has 0 fully saturated rings. The van der Waals surface area contributed by atoms with Gasteiger partial charge in [0.05, 0.1) is 5.52 Å². The van der Waals surface area contributed by atoms with Gasteiger partial charge in [0.25, 0.3) is 0 Å². The normalized spacial score (nSPS) is 10.3. The molecule has 3 nitrogen and oxygen atoms in total. The second-order valence-electron chi connectivity index (χ2n) is 3.19. The minimum atomic E-state index is -0.117. The van der Waals surface area contributed by atoms with Gasteiger partial charge in [0.1, 0.15) is 5.82 Å². The number of carbonyl (C=O) groups excluding carboxylic acids is 1. The Morgan fingerprint density at radius 3 is 2.87 bits per heavy atom. The van der Waals surface area contributed by atoms with Gasteiger partial charge in [-0.05, 0) is 34.1 Å². The number of carbonyl (C=O) groups is 1. The molecule has 2 rings (SSSR count). The van der Waals surface area contributed by atoms with E-state index in [-0.39, 0.29) is 5.91 Å². The van der Waals surface area contributed by atoms with Crippen LogP contribution in [0.5, 0.6) is 0 Å². The lowest BCUT2D eigenvalue weighted by molar-refractivity contribution is -0.114. The van der Waals surface area contributed by atoms with E-state index in [4.69, 9.17) is 0 Å². The molecule has 1 aromatic carbocycles. The van der Waals surface area contributed by atoms with Crippen LogP contribution in [0.15, 0.2) is 34.8 Å². The summed E-state index contributed by atoms with van der Waals surface area (Å²) in [6, 6.07) is 9.57. The summed E-state index contributed by atoms with van der Waals surface area (Å²) in [6.07, 6.45) is 0. The number of fused-ring (bicyclic) bond motifs is 1. The van der Waals surface area contributed by atoms with Gasteiger partial charge in [-0.3, -0.25) is 4.79 Å². The first kappa shape index (κ1) is 10.1. The smallest absolute Gasteiger partial charge is 0.222 e. The first-order chi connectivity index (χ1) is 7.16. The van der Waals surface area contributed by atoms with Crippen molar-refractivity contribution < 1.29 is 4.79 Å². The monoisotopic (exact) mass is 264 g/mol. The molecule has 0 saturated heterocycles. The minimum Gasteiger partial charge on any atom is -0.311 e. The molecule has 15 heavy (non-hydrogen) atoms. The third-order valence-electron chi connectivity index (χ3n) is 1.98. The van der Waals surface area contributed by atoms with Gasteiger partial charge in [0, 0.05) is 16.8 Å². The quantitative estimate of drug-likeness (QED) is 0.861. The molecule has 0 atom stereocenters. The van der Waals surface area contributed by atoms with Gasteiger partial charge in [-0.2, -0.15) is 0 Å². The highest BCUT2D eigenvalue weighted by atomic mass is 79.9. The van der Waals surface area contributed by atoms with Crippen molar-refractivity contribution in [2.75, 3.05) is 5.32 Å². The first-order valence-electron chi connectivity index (χ1n) is 4.50. The van der Waals surface area contributed by atoms with Crippen molar-refractivity contribution in [3.63, 3.8) is 0 Å². The van der Waals surface area contributed by atoms with Crippen molar-refractivity contribution in [2.45, 2.75) is 6.92 Å². The third kappa shape index (κ3) is 2.15. The van der Waals surface area contributed by atoms with Crippen LogP contribution in [-0.2, 0) is 4.79 Å². The van der Waals surface area contributed by atoms with E-state index in [9.17, 15) is 4.79 Å². The van der Waals surface area contributed by atoms with E-state index in [1.54, 1.807) is 6.07 Å². The third-order valence-corrected chi connectivity index (χ3v) is 2.62. The zero-order valence-electron chi connectivity index (χ0n) is 8.12. The summed E-state index contributed by atoms with van der Waals surface area (Å²) >= 11 is 3.42. The summed E-state index contributed by atoms with van der Waals surface area (Å²) in [5.41, 5.74) is 0.851. The number of nitrogens with one attached hydrogen (secondary N) is 1. The SMILES string of the molecule is CC(=O)Nc1ccc2cccc(Br)c2n1. The molecule has 1 N–H and O–H groups in total. The van der Waals surface area contributed by atoms with E-state index in [1.165, 1.54) is 6.92 Å². The lowest BCUT2D eigenvalue weighted by Gasteiger charge is -2.04. The number of halogens is 1. The fraction of sp³-hybridized carbons (Fsp3) is 0.0909. The number of para-hydroxylation sites is 1. The molecule has 2 aromatic rings. The van der Waals surface area contributed by atoms with Crippen molar-refractivity contribution in [3.8, 4) is 0 Å². The zero-order chi connectivity index (χ0) is 10.8. The van der Waals surface area contributed by atoms with Crippen LogP contribution in [0.25, 0.3) is 10.9 Å². The Labute approximate surface area is 95.6 Å². The fourth-order valence-electron chi connectivity index (χ4n) is 1.36. The van der Waals surface area contributed by atoms with E-state index >= 15 is 0 Å². The molecule has 0 radical (unpaired) electrons. The molecule has 0 aliphatic heterocycles. The zero-order valence-corrected chi connectivity index (χ0v) is 9.71. The summed E-state index contributed by atoms with van der Waals surface area (Å²) in [5.74, 6) is 0.454. The van der Waals surface area contributed by atoms with Gasteiger partial charge >= 0.3 is 0 Å². The number of hydrogen-bond donors (Lipinski definition) is 1. The average Bonchev–Trinajstić information content (AvgIpc) is 2.18. The Morgan fingerprint density at radius 1 is 1.33 bits per heavy atom. The van der Waals surface area contributed by atoms with Crippen molar-refractivity contribution in [3.05, 3.63) is 34.8 Å². The maximum absolute atomic E-state index is 10.9. The maximum atomic E-state index is 10.9. The Bertz CT molecular complexity index is 525. The Hall–Kier alpha value is -1.42. The van der Waals surface area contributed by atoms with Crippen LogP contribution in [0.3, 0.4) is 0 Å². The van der Waals surface area contributed by atoms with E-state index in [0.29, 0.717) is 5.82 Å². The number of anilines is 1. The molecule has 0 unspecified atom stereocenters. The van der Waals surface area contributed by atoms with Crippen molar-refractivity contribution in [1.82, 2.24) is 4.98 Å². The Balaban J connectivity index is 2.54. The summed E-state index contributed by atoms with van der Waals surface area (Å²) in [4.78, 5) is 15.2. The van der Waals surface area contributed by atoms with Gasteiger partial charge in [-0.1, -0.05) is 12.1 Å². The van der Waals surface area contributed by atoms with Gasteiger partial charge in [-0.15, -0.1) is 0 Å². The van der Waals surface area contributed by atoms with Crippen LogP contribution in [0.2, 0.25) is 0 Å². The molecule has 0 bridgehead atoms. The lowest BCUT2D eigenvalue weighted by Crippen LogP contribution is -2.07. The van der Waals surface area contributed by atoms with Gasteiger partial charge in [0.15, 0.2) is 0 Å². The number of rotatable bonds is 1. The van der Waals surface area contributed by atoms with E-state index < -0.39 is 0 Å². The highest BCUT2D eigenvalue weighted by Gasteiger charge is 2.02. The van der Waals surface area contributed by atoms with Crippen LogP contribution in [-0.4, -0.2) is 10.9 Å². The molecule has 4 heteroatoms. The number of hydrogen-bond acceptors (Lipinski definition) is 2. The highest BCUT2D eigenvalue weighted by molar-refractivity contribution is 9.10. The van der Waals surface area contributed by atoms with Crippen LogP contribution in [0.4, 0.5) is 5.82 Å². The molecule has 0 spiro atoms. The standard InChI is InChI=1S/C11H9BrN2O/c1-7(15)13-10-6-5-8-3-2-4-9(12)11(8)14-10/h2-6H,1H3,(H,13,14,15). The number of aromatic nitrogens is 1. The molecule has 0 aliphatic carbocycles. The lowest BCUT2D eigenvalue weighted by atomic mass is 10.2. The predicted molar refractivity (Wildman–Crippen MR) is 63.7 cm³/mol. The van der Waals surface area contributed by atoms with Gasteiger partial charge in [-0.25, -0.2) is 4.98 Å². The average molecular weight is 265 g/mol. The van der Waals surface area contributed by atoms with Gasteiger partial charge < -0.3 is 5.32 Å². The van der Waals surface area contributed by atoms with Crippen molar-refractivity contribution in [1.29, 1.82) is 0 Å². The van der Waals surface area contributed by atoms with Crippen LogP contribution >= 0.6 is 15.9 Å². The van der Waals surface area contributed by atoms with Crippen molar-refractivity contribution in [2.24, 2.45) is 0 Å². The second kappa shape index (κ2) is 3.98. The molecular weight excluding hydrogens is 256 g/mol. The molecule has 1 amide bonds. The number of nitrogens with zero attached hydrogens (tertiary/aromatic N) is 1. The van der Waals surface area contributed by atoms with E-state index in [0.717, 1.165) is 15.4 Å². The largest absolute Gasteiger partial charge is 0.311 e. The van der Waals surface area contributed by atoms with E-state index in [2.05, 4.69) is 26.2 Å². The van der Waals surface area contributed by atoms with Gasteiger partial charge in [0.2, 0.25) is 5.91 Å².